The van der Waals surface area contributed by atoms with Crippen LogP contribution < -0.4 is 0 Å². The number of hydrogen-bond donors (Lipinski definition) is 1. The molecule has 1 aliphatic heterocycles. The summed E-state index contributed by atoms with van der Waals surface area (Å²) in [4.78, 5) is 12.1. The fraction of sp³-hybridized carbons (Fsp3) is 0.800. The molecule has 1 saturated carbocycles. The minimum Gasteiger partial charge on any atom is -0.467 e. The highest BCUT2D eigenvalue weighted by Gasteiger charge is 2.64. The van der Waals surface area contributed by atoms with E-state index in [1.54, 1.807) is 0 Å². The summed E-state index contributed by atoms with van der Waals surface area (Å²) in [6, 6.07) is 0. The van der Waals surface area contributed by atoms with E-state index in [1.165, 1.54) is 12.7 Å². The standard InChI is InChI=1S/C15H22O4/c1-13(2)5-4-6-14-8-15(19-9-14,12(17)18-3)11(16)7-10(13)14/h7,11,16H,4-6,8-9H2,1-3H3/t11-,14-,15-/m0/s1. The van der Waals surface area contributed by atoms with Gasteiger partial charge < -0.3 is 14.6 Å². The van der Waals surface area contributed by atoms with Crippen LogP contribution in [0.4, 0.5) is 0 Å². The van der Waals surface area contributed by atoms with E-state index in [0.29, 0.717) is 13.0 Å². The molecule has 3 atom stereocenters. The third kappa shape index (κ3) is 1.56. The number of fused-ring (bicyclic) bond motifs is 1. The van der Waals surface area contributed by atoms with Gasteiger partial charge in [-0.15, -0.1) is 0 Å². The van der Waals surface area contributed by atoms with Gasteiger partial charge in [-0.05, 0) is 18.3 Å². The average Bonchev–Trinajstić information content (AvgIpc) is 2.69. The zero-order valence-corrected chi connectivity index (χ0v) is 11.9. The Balaban J connectivity index is 2.08. The lowest BCUT2D eigenvalue weighted by Crippen LogP contribution is -2.53. The first-order valence-electron chi connectivity index (χ1n) is 7.00. The third-order valence-electron chi connectivity index (χ3n) is 5.30. The molecule has 2 bridgehead atoms. The van der Waals surface area contributed by atoms with Crippen molar-refractivity contribution in [2.75, 3.05) is 13.7 Å². The van der Waals surface area contributed by atoms with Crippen LogP contribution in [-0.2, 0) is 14.3 Å². The first-order valence-corrected chi connectivity index (χ1v) is 7.00. The lowest BCUT2D eigenvalue weighted by molar-refractivity contribution is -0.173. The van der Waals surface area contributed by atoms with Crippen LogP contribution in [0, 0.1) is 10.8 Å². The van der Waals surface area contributed by atoms with Gasteiger partial charge in [-0.2, -0.15) is 0 Å². The molecule has 0 unspecified atom stereocenters. The van der Waals surface area contributed by atoms with E-state index in [4.69, 9.17) is 9.47 Å². The zero-order chi connectivity index (χ0) is 13.9. The van der Waals surface area contributed by atoms with Crippen LogP contribution >= 0.6 is 0 Å². The number of aliphatic hydroxyl groups is 1. The molecule has 0 aromatic heterocycles. The van der Waals surface area contributed by atoms with Crippen LogP contribution in [-0.4, -0.2) is 36.5 Å². The first-order chi connectivity index (χ1) is 8.86. The number of hydrogen-bond acceptors (Lipinski definition) is 4. The van der Waals surface area contributed by atoms with E-state index in [0.717, 1.165) is 19.3 Å². The lowest BCUT2D eigenvalue weighted by Gasteiger charge is -2.48. The molecular weight excluding hydrogens is 244 g/mol. The highest BCUT2D eigenvalue weighted by Crippen LogP contribution is 2.61. The Kier molecular flexibility index (Phi) is 2.64. The molecule has 106 valence electrons. The van der Waals surface area contributed by atoms with Crippen LogP contribution in [0.2, 0.25) is 0 Å². The Morgan fingerprint density at radius 1 is 1.47 bits per heavy atom. The van der Waals surface area contributed by atoms with Gasteiger partial charge >= 0.3 is 5.97 Å². The second-order valence-corrected chi connectivity index (χ2v) is 6.89. The van der Waals surface area contributed by atoms with Crippen molar-refractivity contribution in [1.29, 1.82) is 0 Å². The Labute approximate surface area is 113 Å². The van der Waals surface area contributed by atoms with Crippen molar-refractivity contribution in [3.05, 3.63) is 11.6 Å². The summed E-state index contributed by atoms with van der Waals surface area (Å²) >= 11 is 0. The van der Waals surface area contributed by atoms with E-state index in [-0.39, 0.29) is 10.8 Å². The predicted molar refractivity (Wildman–Crippen MR) is 69.5 cm³/mol. The molecule has 4 heteroatoms. The van der Waals surface area contributed by atoms with Crippen LogP contribution in [0.1, 0.15) is 39.5 Å². The molecule has 1 N–H and O–H groups in total. The smallest absolute Gasteiger partial charge is 0.341 e. The largest absolute Gasteiger partial charge is 0.467 e. The summed E-state index contributed by atoms with van der Waals surface area (Å²) in [6.07, 6.45) is 4.83. The van der Waals surface area contributed by atoms with Gasteiger partial charge in [-0.25, -0.2) is 4.79 Å². The maximum absolute atomic E-state index is 12.1. The van der Waals surface area contributed by atoms with E-state index in [1.807, 2.05) is 6.08 Å². The number of ether oxygens (including phenoxy) is 2. The number of esters is 1. The SMILES string of the molecule is COC(=O)[C@]12C[C@@]3(CCCC(C)(C)C3=C[C@@H]1O)CO2. The number of carbonyl (C=O) groups is 1. The minimum atomic E-state index is -1.17. The molecule has 0 aromatic carbocycles. The molecule has 1 saturated heterocycles. The van der Waals surface area contributed by atoms with Crippen molar-refractivity contribution in [3.8, 4) is 0 Å². The topological polar surface area (TPSA) is 55.8 Å². The minimum absolute atomic E-state index is 0.0742. The molecule has 19 heavy (non-hydrogen) atoms. The molecule has 2 aliphatic carbocycles. The van der Waals surface area contributed by atoms with Crippen molar-refractivity contribution in [3.63, 3.8) is 0 Å². The zero-order valence-electron chi connectivity index (χ0n) is 11.9. The predicted octanol–water partition coefficient (Wildman–Crippen LogP) is 1.82. The number of carbonyl (C=O) groups excluding carboxylic acids is 1. The number of rotatable bonds is 1. The van der Waals surface area contributed by atoms with Gasteiger partial charge in [-0.1, -0.05) is 31.9 Å². The van der Waals surface area contributed by atoms with Crippen molar-refractivity contribution < 1.29 is 19.4 Å². The third-order valence-corrected chi connectivity index (χ3v) is 5.30. The van der Waals surface area contributed by atoms with Crippen LogP contribution in [0.25, 0.3) is 0 Å². The summed E-state index contributed by atoms with van der Waals surface area (Å²) in [5.74, 6) is -0.449. The summed E-state index contributed by atoms with van der Waals surface area (Å²) in [7, 11) is 1.35. The van der Waals surface area contributed by atoms with Crippen LogP contribution in [0.3, 0.4) is 0 Å². The van der Waals surface area contributed by atoms with Crippen LogP contribution in [0.15, 0.2) is 11.6 Å². The average molecular weight is 266 g/mol. The molecule has 1 spiro atoms. The van der Waals surface area contributed by atoms with Gasteiger partial charge in [0.25, 0.3) is 0 Å². The Bertz CT molecular complexity index is 453. The van der Waals surface area contributed by atoms with Gasteiger partial charge in [0.15, 0.2) is 5.60 Å². The molecule has 4 nitrogen and oxygen atoms in total. The van der Waals surface area contributed by atoms with Crippen molar-refractivity contribution in [2.45, 2.75) is 51.2 Å². The number of methoxy groups -OCH3 is 1. The summed E-state index contributed by atoms with van der Waals surface area (Å²) in [5, 5.41) is 10.4. The normalized spacial score (nSPS) is 43.4. The Morgan fingerprint density at radius 3 is 2.89 bits per heavy atom. The summed E-state index contributed by atoms with van der Waals surface area (Å²) in [5.41, 5.74) is 0.103. The Morgan fingerprint density at radius 2 is 2.21 bits per heavy atom. The maximum atomic E-state index is 12.1. The van der Waals surface area contributed by atoms with Gasteiger partial charge in [0.2, 0.25) is 0 Å². The monoisotopic (exact) mass is 266 g/mol. The highest BCUT2D eigenvalue weighted by molar-refractivity contribution is 5.82. The van der Waals surface area contributed by atoms with E-state index >= 15 is 0 Å². The van der Waals surface area contributed by atoms with Gasteiger partial charge in [0.1, 0.15) is 6.10 Å². The molecule has 2 fully saturated rings. The van der Waals surface area contributed by atoms with Crippen molar-refractivity contribution >= 4 is 5.97 Å². The molecule has 0 amide bonds. The molecule has 0 radical (unpaired) electrons. The van der Waals surface area contributed by atoms with Gasteiger partial charge in [-0.3, -0.25) is 0 Å². The molecule has 3 aliphatic rings. The van der Waals surface area contributed by atoms with Crippen molar-refractivity contribution in [1.82, 2.24) is 0 Å². The fourth-order valence-electron chi connectivity index (χ4n) is 4.37. The van der Waals surface area contributed by atoms with E-state index < -0.39 is 17.7 Å². The summed E-state index contributed by atoms with van der Waals surface area (Å²) < 4.78 is 10.7. The first kappa shape index (κ1) is 13.1. The van der Waals surface area contributed by atoms with Crippen LogP contribution in [0.5, 0.6) is 0 Å². The fourth-order valence-corrected chi connectivity index (χ4v) is 4.37. The lowest BCUT2D eigenvalue weighted by atomic mass is 9.55. The summed E-state index contributed by atoms with van der Waals surface area (Å²) in [6.45, 7) is 4.96. The molecule has 3 rings (SSSR count). The van der Waals surface area contributed by atoms with E-state index in [2.05, 4.69) is 13.8 Å². The highest BCUT2D eigenvalue weighted by atomic mass is 16.6. The van der Waals surface area contributed by atoms with Crippen molar-refractivity contribution in [2.24, 2.45) is 10.8 Å². The Hall–Kier alpha value is -0.870. The quantitative estimate of drug-likeness (QED) is 0.581. The van der Waals surface area contributed by atoms with Gasteiger partial charge in [0.05, 0.1) is 13.7 Å². The van der Waals surface area contributed by atoms with Gasteiger partial charge in [0, 0.05) is 11.8 Å². The molecular formula is C15H22O4. The molecule has 1 heterocycles. The van der Waals surface area contributed by atoms with E-state index in [9.17, 15) is 9.90 Å². The number of aliphatic hydroxyl groups excluding tert-OH is 1. The molecule has 0 aromatic rings. The second-order valence-electron chi connectivity index (χ2n) is 6.89. The maximum Gasteiger partial charge on any atom is 0.341 e. The second kappa shape index (κ2) is 3.83.